The summed E-state index contributed by atoms with van der Waals surface area (Å²) < 4.78 is 13.7. The summed E-state index contributed by atoms with van der Waals surface area (Å²) in [7, 11) is 0. The van der Waals surface area contributed by atoms with Crippen molar-refractivity contribution < 1.29 is 4.39 Å². The SMILES string of the molecule is Cc1ccc(CN2CCN(Cc3ccccc3F)CC2)c(C)c1. The Morgan fingerprint density at radius 2 is 1.43 bits per heavy atom. The topological polar surface area (TPSA) is 6.48 Å². The van der Waals surface area contributed by atoms with E-state index in [1.54, 1.807) is 12.1 Å². The second-order valence-corrected chi connectivity index (χ2v) is 6.57. The van der Waals surface area contributed by atoms with Crippen LogP contribution in [0.25, 0.3) is 0 Å². The summed E-state index contributed by atoms with van der Waals surface area (Å²) in [6.45, 7) is 10.1. The molecule has 0 unspecified atom stereocenters. The Balaban J connectivity index is 1.53. The van der Waals surface area contributed by atoms with Crippen LogP contribution in [0.2, 0.25) is 0 Å². The van der Waals surface area contributed by atoms with E-state index >= 15 is 0 Å². The molecule has 1 heterocycles. The average molecular weight is 312 g/mol. The molecule has 23 heavy (non-hydrogen) atoms. The first-order valence-corrected chi connectivity index (χ1v) is 8.36. The minimum atomic E-state index is -0.0924. The number of halogens is 1. The molecule has 0 aromatic heterocycles. The summed E-state index contributed by atoms with van der Waals surface area (Å²) in [5.74, 6) is -0.0924. The van der Waals surface area contributed by atoms with Crippen molar-refractivity contribution in [3.63, 3.8) is 0 Å². The Morgan fingerprint density at radius 1 is 0.826 bits per heavy atom. The molecule has 2 aromatic rings. The quantitative estimate of drug-likeness (QED) is 0.848. The van der Waals surface area contributed by atoms with Crippen LogP contribution in [0.15, 0.2) is 42.5 Å². The highest BCUT2D eigenvalue weighted by Gasteiger charge is 2.18. The summed E-state index contributed by atoms with van der Waals surface area (Å²) in [6, 6.07) is 13.8. The monoisotopic (exact) mass is 312 g/mol. The Kier molecular flexibility index (Phi) is 5.09. The molecular weight excluding hydrogens is 287 g/mol. The van der Waals surface area contributed by atoms with Gasteiger partial charge in [-0.05, 0) is 31.0 Å². The number of hydrogen-bond acceptors (Lipinski definition) is 2. The molecule has 122 valence electrons. The number of hydrogen-bond donors (Lipinski definition) is 0. The van der Waals surface area contributed by atoms with Crippen molar-refractivity contribution in [1.29, 1.82) is 0 Å². The van der Waals surface area contributed by atoms with E-state index in [1.165, 1.54) is 16.7 Å². The van der Waals surface area contributed by atoms with E-state index in [1.807, 2.05) is 12.1 Å². The van der Waals surface area contributed by atoms with Crippen molar-refractivity contribution in [2.75, 3.05) is 26.2 Å². The number of piperazine rings is 1. The van der Waals surface area contributed by atoms with Gasteiger partial charge in [0.15, 0.2) is 0 Å². The lowest BCUT2D eigenvalue weighted by Gasteiger charge is -2.35. The van der Waals surface area contributed by atoms with Crippen LogP contribution in [-0.4, -0.2) is 36.0 Å². The Bertz CT molecular complexity index is 660. The highest BCUT2D eigenvalue weighted by molar-refractivity contribution is 5.30. The zero-order chi connectivity index (χ0) is 16.2. The fourth-order valence-corrected chi connectivity index (χ4v) is 3.24. The van der Waals surface area contributed by atoms with Gasteiger partial charge in [-0.1, -0.05) is 42.0 Å². The number of rotatable bonds is 4. The van der Waals surface area contributed by atoms with Crippen LogP contribution in [0.4, 0.5) is 4.39 Å². The van der Waals surface area contributed by atoms with Gasteiger partial charge in [0, 0.05) is 44.8 Å². The molecule has 3 heteroatoms. The molecule has 0 N–H and O–H groups in total. The third-order valence-corrected chi connectivity index (χ3v) is 4.71. The molecule has 0 amide bonds. The lowest BCUT2D eigenvalue weighted by Crippen LogP contribution is -2.45. The predicted octanol–water partition coefficient (Wildman–Crippen LogP) is 3.76. The Hall–Kier alpha value is -1.71. The number of nitrogens with zero attached hydrogens (tertiary/aromatic N) is 2. The summed E-state index contributed by atoms with van der Waals surface area (Å²) >= 11 is 0. The zero-order valence-electron chi connectivity index (χ0n) is 14.1. The molecule has 0 aliphatic carbocycles. The molecule has 3 rings (SSSR count). The van der Waals surface area contributed by atoms with Gasteiger partial charge in [-0.2, -0.15) is 0 Å². The maximum atomic E-state index is 13.7. The fraction of sp³-hybridized carbons (Fsp3) is 0.400. The lowest BCUT2D eigenvalue weighted by atomic mass is 10.0. The highest BCUT2D eigenvalue weighted by atomic mass is 19.1. The van der Waals surface area contributed by atoms with Gasteiger partial charge in [-0.15, -0.1) is 0 Å². The van der Waals surface area contributed by atoms with Crippen LogP contribution in [0.3, 0.4) is 0 Å². The molecular formula is C20H25FN2. The molecule has 0 bridgehead atoms. The second kappa shape index (κ2) is 7.24. The molecule has 0 saturated carbocycles. The zero-order valence-corrected chi connectivity index (χ0v) is 14.1. The number of aryl methyl sites for hydroxylation is 2. The van der Waals surface area contributed by atoms with Gasteiger partial charge in [0.05, 0.1) is 0 Å². The maximum Gasteiger partial charge on any atom is 0.127 e. The van der Waals surface area contributed by atoms with Crippen molar-refractivity contribution in [3.8, 4) is 0 Å². The van der Waals surface area contributed by atoms with E-state index in [0.29, 0.717) is 6.54 Å². The minimum absolute atomic E-state index is 0.0924. The standard InChI is InChI=1S/C20H25FN2/c1-16-7-8-18(17(2)13-16)14-22-9-11-23(12-10-22)15-19-5-3-4-6-20(19)21/h3-8,13H,9-12,14-15H2,1-2H3. The Morgan fingerprint density at radius 3 is 2.04 bits per heavy atom. The smallest absolute Gasteiger partial charge is 0.127 e. The number of benzene rings is 2. The average Bonchev–Trinajstić information content (AvgIpc) is 2.54. The van der Waals surface area contributed by atoms with Crippen molar-refractivity contribution in [2.45, 2.75) is 26.9 Å². The molecule has 1 aliphatic rings. The summed E-state index contributed by atoms with van der Waals surface area (Å²) in [5, 5.41) is 0. The highest BCUT2D eigenvalue weighted by Crippen LogP contribution is 2.16. The molecule has 1 saturated heterocycles. The van der Waals surface area contributed by atoms with Gasteiger partial charge < -0.3 is 0 Å². The first kappa shape index (κ1) is 16.2. The molecule has 0 radical (unpaired) electrons. The van der Waals surface area contributed by atoms with Crippen LogP contribution >= 0.6 is 0 Å². The molecule has 0 atom stereocenters. The van der Waals surface area contributed by atoms with Crippen LogP contribution in [0.5, 0.6) is 0 Å². The minimum Gasteiger partial charge on any atom is -0.297 e. The van der Waals surface area contributed by atoms with Crippen LogP contribution in [0, 0.1) is 19.7 Å². The maximum absolute atomic E-state index is 13.7. The normalized spacial score (nSPS) is 16.7. The van der Waals surface area contributed by atoms with Crippen LogP contribution < -0.4 is 0 Å². The summed E-state index contributed by atoms with van der Waals surface area (Å²) in [4.78, 5) is 4.84. The van der Waals surface area contributed by atoms with Gasteiger partial charge in [0.2, 0.25) is 0 Å². The molecule has 2 aromatic carbocycles. The van der Waals surface area contributed by atoms with Gasteiger partial charge in [-0.25, -0.2) is 4.39 Å². The van der Waals surface area contributed by atoms with Crippen LogP contribution in [0.1, 0.15) is 22.3 Å². The second-order valence-electron chi connectivity index (χ2n) is 6.57. The lowest BCUT2D eigenvalue weighted by molar-refractivity contribution is 0.121. The first-order chi connectivity index (χ1) is 11.1. The van der Waals surface area contributed by atoms with E-state index in [4.69, 9.17) is 0 Å². The van der Waals surface area contributed by atoms with Gasteiger partial charge >= 0.3 is 0 Å². The van der Waals surface area contributed by atoms with Crippen molar-refractivity contribution in [3.05, 3.63) is 70.5 Å². The Labute approximate surface area is 138 Å². The summed E-state index contributed by atoms with van der Waals surface area (Å²) in [5.41, 5.74) is 4.91. The van der Waals surface area contributed by atoms with E-state index in [0.717, 1.165) is 38.3 Å². The predicted molar refractivity (Wildman–Crippen MR) is 92.9 cm³/mol. The van der Waals surface area contributed by atoms with E-state index < -0.39 is 0 Å². The van der Waals surface area contributed by atoms with Gasteiger partial charge in [0.25, 0.3) is 0 Å². The molecule has 1 fully saturated rings. The molecule has 2 nitrogen and oxygen atoms in total. The third kappa shape index (κ3) is 4.18. The first-order valence-electron chi connectivity index (χ1n) is 8.36. The largest absolute Gasteiger partial charge is 0.297 e. The molecule has 0 spiro atoms. The molecule has 1 aliphatic heterocycles. The summed E-state index contributed by atoms with van der Waals surface area (Å²) in [6.07, 6.45) is 0. The van der Waals surface area contributed by atoms with E-state index in [9.17, 15) is 4.39 Å². The fourth-order valence-electron chi connectivity index (χ4n) is 3.24. The van der Waals surface area contributed by atoms with Gasteiger partial charge in [-0.3, -0.25) is 9.80 Å². The van der Waals surface area contributed by atoms with E-state index in [-0.39, 0.29) is 5.82 Å². The van der Waals surface area contributed by atoms with Crippen molar-refractivity contribution in [2.24, 2.45) is 0 Å². The van der Waals surface area contributed by atoms with Crippen molar-refractivity contribution >= 4 is 0 Å². The van der Waals surface area contributed by atoms with E-state index in [2.05, 4.69) is 41.8 Å². The third-order valence-electron chi connectivity index (χ3n) is 4.71. The van der Waals surface area contributed by atoms with Crippen molar-refractivity contribution in [1.82, 2.24) is 9.80 Å². The van der Waals surface area contributed by atoms with Crippen LogP contribution in [-0.2, 0) is 13.1 Å². The van der Waals surface area contributed by atoms with Gasteiger partial charge in [0.1, 0.15) is 5.82 Å².